The molecule has 0 N–H and O–H groups in total. The molecule has 0 aliphatic rings. The maximum absolute atomic E-state index is 10.6. The van der Waals surface area contributed by atoms with Crippen LogP contribution < -0.4 is 0 Å². The molecule has 4 nitrogen and oxygen atoms in total. The van der Waals surface area contributed by atoms with Crippen molar-refractivity contribution in [2.24, 2.45) is 5.92 Å². The SMILES string of the molecule is CCC(CC#N)COS(C)(=O)=O. The molecule has 0 bridgehead atoms. The van der Waals surface area contributed by atoms with Crippen LogP contribution in [0.25, 0.3) is 0 Å². The highest BCUT2D eigenvalue weighted by molar-refractivity contribution is 7.85. The van der Waals surface area contributed by atoms with Crippen LogP contribution in [0.15, 0.2) is 0 Å². The van der Waals surface area contributed by atoms with E-state index in [0.717, 1.165) is 12.7 Å². The van der Waals surface area contributed by atoms with Gasteiger partial charge in [-0.2, -0.15) is 13.7 Å². The summed E-state index contributed by atoms with van der Waals surface area (Å²) in [5.41, 5.74) is 0. The summed E-state index contributed by atoms with van der Waals surface area (Å²) in [6.07, 6.45) is 2.10. The van der Waals surface area contributed by atoms with Crippen LogP contribution in [0.3, 0.4) is 0 Å². The molecule has 0 fully saturated rings. The van der Waals surface area contributed by atoms with Gasteiger partial charge in [0, 0.05) is 6.42 Å². The van der Waals surface area contributed by atoms with E-state index in [1.807, 2.05) is 13.0 Å². The fraction of sp³-hybridized carbons (Fsp3) is 0.857. The lowest BCUT2D eigenvalue weighted by molar-refractivity contribution is 0.254. The van der Waals surface area contributed by atoms with E-state index in [1.54, 1.807) is 0 Å². The molecular weight excluding hydrogens is 178 g/mol. The van der Waals surface area contributed by atoms with Crippen LogP contribution in [0, 0.1) is 17.2 Å². The minimum absolute atomic E-state index is 0.0183. The Morgan fingerprint density at radius 3 is 2.50 bits per heavy atom. The number of hydrogen-bond acceptors (Lipinski definition) is 4. The molecule has 0 heterocycles. The average molecular weight is 191 g/mol. The first-order chi connectivity index (χ1) is 5.49. The molecule has 0 aliphatic heterocycles. The van der Waals surface area contributed by atoms with Crippen molar-refractivity contribution in [1.29, 1.82) is 5.26 Å². The molecule has 1 atom stereocenters. The molecule has 0 saturated carbocycles. The Morgan fingerprint density at radius 1 is 1.58 bits per heavy atom. The highest BCUT2D eigenvalue weighted by Crippen LogP contribution is 2.08. The highest BCUT2D eigenvalue weighted by atomic mass is 32.2. The van der Waals surface area contributed by atoms with Gasteiger partial charge >= 0.3 is 0 Å². The highest BCUT2D eigenvalue weighted by Gasteiger charge is 2.09. The molecule has 0 radical (unpaired) electrons. The quantitative estimate of drug-likeness (QED) is 0.605. The molecule has 0 aromatic rings. The molecule has 0 amide bonds. The van der Waals surface area contributed by atoms with Gasteiger partial charge in [0.05, 0.1) is 18.9 Å². The Labute approximate surface area is 73.3 Å². The standard InChI is InChI=1S/C7H13NO3S/c1-3-7(4-5-8)6-11-12(2,9)10/h7H,3-4,6H2,1-2H3. The predicted octanol–water partition coefficient (Wildman–Crippen LogP) is 0.902. The van der Waals surface area contributed by atoms with E-state index in [2.05, 4.69) is 4.18 Å². The summed E-state index contributed by atoms with van der Waals surface area (Å²) >= 11 is 0. The van der Waals surface area contributed by atoms with Gasteiger partial charge in [0.25, 0.3) is 10.1 Å². The number of nitrogens with zero attached hydrogens (tertiary/aromatic N) is 1. The second kappa shape index (κ2) is 5.12. The van der Waals surface area contributed by atoms with Crippen LogP contribution in [0.2, 0.25) is 0 Å². The lowest BCUT2D eigenvalue weighted by Crippen LogP contribution is -2.12. The van der Waals surface area contributed by atoms with Crippen molar-refractivity contribution in [3.05, 3.63) is 0 Å². The lowest BCUT2D eigenvalue weighted by atomic mass is 10.1. The normalized spacial score (nSPS) is 13.8. The molecule has 0 spiro atoms. The first-order valence-electron chi connectivity index (χ1n) is 3.71. The van der Waals surface area contributed by atoms with E-state index in [4.69, 9.17) is 5.26 Å². The molecular formula is C7H13NO3S. The summed E-state index contributed by atoms with van der Waals surface area (Å²) in [4.78, 5) is 0. The van der Waals surface area contributed by atoms with E-state index in [-0.39, 0.29) is 12.5 Å². The van der Waals surface area contributed by atoms with Gasteiger partial charge in [-0.05, 0) is 5.92 Å². The van der Waals surface area contributed by atoms with Crippen molar-refractivity contribution in [1.82, 2.24) is 0 Å². The number of rotatable bonds is 5. The van der Waals surface area contributed by atoms with Gasteiger partial charge in [-0.1, -0.05) is 13.3 Å². The summed E-state index contributed by atoms with van der Waals surface area (Å²) < 4.78 is 25.7. The monoisotopic (exact) mass is 191 g/mol. The van der Waals surface area contributed by atoms with Crippen molar-refractivity contribution < 1.29 is 12.6 Å². The zero-order chi connectivity index (χ0) is 9.61. The lowest BCUT2D eigenvalue weighted by Gasteiger charge is -2.08. The van der Waals surface area contributed by atoms with Crippen LogP contribution in [0.1, 0.15) is 19.8 Å². The largest absolute Gasteiger partial charge is 0.270 e. The van der Waals surface area contributed by atoms with Crippen molar-refractivity contribution >= 4 is 10.1 Å². The zero-order valence-corrected chi connectivity index (χ0v) is 8.10. The van der Waals surface area contributed by atoms with E-state index in [0.29, 0.717) is 6.42 Å². The summed E-state index contributed by atoms with van der Waals surface area (Å²) in [5.74, 6) is 0.0183. The molecule has 0 aromatic heterocycles. The van der Waals surface area contributed by atoms with E-state index in [9.17, 15) is 8.42 Å². The van der Waals surface area contributed by atoms with Gasteiger partial charge in [-0.15, -0.1) is 0 Å². The molecule has 70 valence electrons. The molecule has 0 aliphatic carbocycles. The minimum Gasteiger partial charge on any atom is -0.270 e. The number of hydrogen-bond donors (Lipinski definition) is 0. The molecule has 1 unspecified atom stereocenters. The predicted molar refractivity (Wildman–Crippen MR) is 44.8 cm³/mol. The fourth-order valence-electron chi connectivity index (χ4n) is 0.670. The third-order valence-electron chi connectivity index (χ3n) is 1.48. The summed E-state index contributed by atoms with van der Waals surface area (Å²) in [6.45, 7) is 2.01. The maximum atomic E-state index is 10.6. The van der Waals surface area contributed by atoms with Gasteiger partial charge in [0.15, 0.2) is 0 Å². The van der Waals surface area contributed by atoms with Crippen LogP contribution in [-0.4, -0.2) is 21.3 Å². The van der Waals surface area contributed by atoms with E-state index in [1.165, 1.54) is 0 Å². The summed E-state index contributed by atoms with van der Waals surface area (Å²) in [7, 11) is -3.36. The van der Waals surface area contributed by atoms with E-state index >= 15 is 0 Å². The minimum atomic E-state index is -3.36. The van der Waals surface area contributed by atoms with Gasteiger partial charge in [-0.25, -0.2) is 0 Å². The maximum Gasteiger partial charge on any atom is 0.264 e. The van der Waals surface area contributed by atoms with Crippen LogP contribution in [0.5, 0.6) is 0 Å². The third-order valence-corrected chi connectivity index (χ3v) is 2.04. The Hall–Kier alpha value is -0.600. The van der Waals surface area contributed by atoms with Gasteiger partial charge in [0.1, 0.15) is 0 Å². The topological polar surface area (TPSA) is 67.2 Å². The zero-order valence-electron chi connectivity index (χ0n) is 7.28. The van der Waals surface area contributed by atoms with Gasteiger partial charge in [-0.3, -0.25) is 4.18 Å². The average Bonchev–Trinajstić information content (AvgIpc) is 1.96. The third kappa shape index (κ3) is 6.13. The summed E-state index contributed by atoms with van der Waals surface area (Å²) in [5, 5.41) is 8.34. The van der Waals surface area contributed by atoms with Crippen molar-refractivity contribution in [2.45, 2.75) is 19.8 Å². The Bertz CT molecular complexity index is 252. The van der Waals surface area contributed by atoms with E-state index < -0.39 is 10.1 Å². The van der Waals surface area contributed by atoms with Gasteiger partial charge in [0.2, 0.25) is 0 Å². The molecule has 12 heavy (non-hydrogen) atoms. The first-order valence-corrected chi connectivity index (χ1v) is 5.52. The van der Waals surface area contributed by atoms with Crippen molar-refractivity contribution in [2.75, 3.05) is 12.9 Å². The van der Waals surface area contributed by atoms with Crippen LogP contribution in [-0.2, 0) is 14.3 Å². The Kier molecular flexibility index (Phi) is 4.86. The first kappa shape index (κ1) is 11.4. The molecule has 0 rings (SSSR count). The molecule has 0 saturated heterocycles. The Morgan fingerprint density at radius 2 is 2.17 bits per heavy atom. The number of nitriles is 1. The van der Waals surface area contributed by atoms with Gasteiger partial charge < -0.3 is 0 Å². The van der Waals surface area contributed by atoms with Crippen molar-refractivity contribution in [3.63, 3.8) is 0 Å². The second-order valence-electron chi connectivity index (χ2n) is 2.63. The summed E-state index contributed by atoms with van der Waals surface area (Å²) in [6, 6.07) is 1.98. The molecule has 0 aromatic carbocycles. The smallest absolute Gasteiger partial charge is 0.264 e. The Balaban J connectivity index is 3.83. The fourth-order valence-corrected chi connectivity index (χ4v) is 1.11. The second-order valence-corrected chi connectivity index (χ2v) is 4.27. The molecule has 5 heteroatoms. The van der Waals surface area contributed by atoms with Crippen molar-refractivity contribution in [3.8, 4) is 6.07 Å². The van der Waals surface area contributed by atoms with Crippen LogP contribution in [0.4, 0.5) is 0 Å². The van der Waals surface area contributed by atoms with Crippen LogP contribution >= 0.6 is 0 Å².